The third-order valence-electron chi connectivity index (χ3n) is 5.17. The molecule has 5 rings (SSSR count). The highest BCUT2D eigenvalue weighted by Crippen LogP contribution is 2.37. The van der Waals surface area contributed by atoms with Crippen LogP contribution in [0.4, 0.5) is 5.69 Å². The topological polar surface area (TPSA) is 138 Å². The van der Waals surface area contributed by atoms with E-state index < -0.39 is 21.9 Å². The summed E-state index contributed by atoms with van der Waals surface area (Å²) in [5.41, 5.74) is -0.535. The van der Waals surface area contributed by atoms with Gasteiger partial charge in [-0.3, -0.25) is 14.9 Å². The number of nitrogens with zero attached hydrogens (tertiary/aromatic N) is 3. The number of halogens is 1. The van der Waals surface area contributed by atoms with E-state index in [1.54, 1.807) is 42.5 Å². The SMILES string of the molecule is O=c1[nH]c2ccccc2c(=O)n1N=Cc1cc(Cl)c(OCc2ccc3c(c2)OCO3)c([N+](=O)[O-])c1. The summed E-state index contributed by atoms with van der Waals surface area (Å²) in [4.78, 5) is 38.5. The molecular formula is C23H15ClN4O7. The first-order valence-corrected chi connectivity index (χ1v) is 10.6. The van der Waals surface area contributed by atoms with Gasteiger partial charge in [0, 0.05) is 11.6 Å². The van der Waals surface area contributed by atoms with Crippen molar-refractivity contribution in [1.29, 1.82) is 0 Å². The number of hydrogen-bond donors (Lipinski definition) is 1. The van der Waals surface area contributed by atoms with Crippen molar-refractivity contribution >= 4 is 34.4 Å². The van der Waals surface area contributed by atoms with E-state index >= 15 is 0 Å². The van der Waals surface area contributed by atoms with Gasteiger partial charge in [-0.05, 0) is 35.9 Å². The monoisotopic (exact) mass is 494 g/mol. The minimum absolute atomic E-state index is 0.00744. The first kappa shape index (κ1) is 22.2. The van der Waals surface area contributed by atoms with Crippen molar-refractivity contribution in [2.24, 2.45) is 5.10 Å². The first-order valence-electron chi connectivity index (χ1n) is 10.2. The van der Waals surface area contributed by atoms with Crippen molar-refractivity contribution in [2.45, 2.75) is 6.61 Å². The lowest BCUT2D eigenvalue weighted by molar-refractivity contribution is -0.385. The molecule has 1 aromatic heterocycles. The number of aromatic nitrogens is 2. The fourth-order valence-electron chi connectivity index (χ4n) is 3.52. The van der Waals surface area contributed by atoms with Crippen LogP contribution in [0.5, 0.6) is 17.2 Å². The summed E-state index contributed by atoms with van der Waals surface area (Å²) in [5, 5.41) is 15.8. The van der Waals surface area contributed by atoms with Crippen LogP contribution in [-0.4, -0.2) is 27.6 Å². The van der Waals surface area contributed by atoms with Gasteiger partial charge in [0.15, 0.2) is 11.5 Å². The molecule has 0 atom stereocenters. The molecule has 3 aromatic carbocycles. The Hall–Kier alpha value is -4.64. The van der Waals surface area contributed by atoms with Crippen LogP contribution in [0.3, 0.4) is 0 Å². The van der Waals surface area contributed by atoms with E-state index in [-0.39, 0.29) is 35.1 Å². The normalized spacial score (nSPS) is 12.4. The second-order valence-electron chi connectivity index (χ2n) is 7.42. The average molecular weight is 495 g/mol. The predicted molar refractivity (Wildman–Crippen MR) is 127 cm³/mol. The minimum Gasteiger partial charge on any atom is -0.481 e. The smallest absolute Gasteiger partial charge is 0.349 e. The van der Waals surface area contributed by atoms with E-state index in [1.807, 2.05) is 0 Å². The molecule has 0 saturated carbocycles. The summed E-state index contributed by atoms with van der Waals surface area (Å²) in [6, 6.07) is 14.2. The summed E-state index contributed by atoms with van der Waals surface area (Å²) < 4.78 is 16.9. The maximum absolute atomic E-state index is 12.6. The molecule has 0 aliphatic carbocycles. The van der Waals surface area contributed by atoms with Crippen LogP contribution in [0, 0.1) is 10.1 Å². The largest absolute Gasteiger partial charge is 0.481 e. The van der Waals surface area contributed by atoms with Crippen molar-refractivity contribution in [3.63, 3.8) is 0 Å². The molecule has 2 heterocycles. The van der Waals surface area contributed by atoms with E-state index in [1.165, 1.54) is 12.1 Å². The molecular weight excluding hydrogens is 480 g/mol. The average Bonchev–Trinajstić information content (AvgIpc) is 3.31. The van der Waals surface area contributed by atoms with Gasteiger partial charge in [0.05, 0.1) is 27.1 Å². The molecule has 1 aliphatic heterocycles. The lowest BCUT2D eigenvalue weighted by Gasteiger charge is -2.10. The standard InChI is InChI=1S/C23H15ClN4O7/c24-16-7-14(10-25-27-22(29)15-3-1-2-4-17(15)26-23(27)30)8-18(28(31)32)21(16)33-11-13-5-6-19-20(9-13)35-12-34-19/h1-10H,11-12H2,(H,26,30). The lowest BCUT2D eigenvalue weighted by atomic mass is 10.2. The molecule has 0 radical (unpaired) electrons. The van der Waals surface area contributed by atoms with Gasteiger partial charge >= 0.3 is 11.4 Å². The highest BCUT2D eigenvalue weighted by molar-refractivity contribution is 6.32. The fraction of sp³-hybridized carbons (Fsp3) is 0.0870. The number of aromatic amines is 1. The summed E-state index contributed by atoms with van der Waals surface area (Å²) in [5.74, 6) is 1.02. The Morgan fingerprint density at radius 3 is 2.77 bits per heavy atom. The molecule has 11 nitrogen and oxygen atoms in total. The number of H-pyrrole nitrogens is 1. The predicted octanol–water partition coefficient (Wildman–Crippen LogP) is 3.44. The molecule has 1 N–H and O–H groups in total. The Morgan fingerprint density at radius 1 is 1.14 bits per heavy atom. The Labute approximate surface area is 200 Å². The molecule has 0 fully saturated rings. The molecule has 0 unspecified atom stereocenters. The van der Waals surface area contributed by atoms with Gasteiger partial charge in [-0.1, -0.05) is 29.8 Å². The zero-order valence-electron chi connectivity index (χ0n) is 17.8. The molecule has 0 bridgehead atoms. The highest BCUT2D eigenvalue weighted by atomic mass is 35.5. The van der Waals surface area contributed by atoms with E-state index in [9.17, 15) is 19.7 Å². The van der Waals surface area contributed by atoms with E-state index in [2.05, 4.69) is 10.1 Å². The van der Waals surface area contributed by atoms with E-state index in [0.29, 0.717) is 27.3 Å². The Balaban J connectivity index is 1.44. The molecule has 12 heteroatoms. The van der Waals surface area contributed by atoms with Crippen molar-refractivity contribution in [2.75, 3.05) is 6.79 Å². The lowest BCUT2D eigenvalue weighted by Crippen LogP contribution is -2.32. The number of benzene rings is 3. The third kappa shape index (κ3) is 4.32. The zero-order chi connectivity index (χ0) is 24.5. The van der Waals surface area contributed by atoms with Gasteiger partial charge in [-0.15, -0.1) is 4.68 Å². The van der Waals surface area contributed by atoms with Crippen LogP contribution >= 0.6 is 11.6 Å². The summed E-state index contributed by atoms with van der Waals surface area (Å²) in [7, 11) is 0. The van der Waals surface area contributed by atoms with Gasteiger partial charge in [0.25, 0.3) is 5.56 Å². The summed E-state index contributed by atoms with van der Waals surface area (Å²) in [6.45, 7) is 0.115. The highest BCUT2D eigenvalue weighted by Gasteiger charge is 2.21. The fourth-order valence-corrected chi connectivity index (χ4v) is 3.80. The number of rotatable bonds is 6. The van der Waals surface area contributed by atoms with Gasteiger partial charge < -0.3 is 19.2 Å². The number of nitro benzene ring substituents is 1. The molecule has 35 heavy (non-hydrogen) atoms. The van der Waals surface area contributed by atoms with Crippen LogP contribution in [0.25, 0.3) is 10.9 Å². The molecule has 0 saturated heterocycles. The summed E-state index contributed by atoms with van der Waals surface area (Å²) >= 11 is 6.29. The second kappa shape index (κ2) is 8.95. The maximum atomic E-state index is 12.6. The maximum Gasteiger partial charge on any atom is 0.349 e. The number of nitrogens with one attached hydrogen (secondary N) is 1. The number of fused-ring (bicyclic) bond motifs is 2. The number of hydrogen-bond acceptors (Lipinski definition) is 8. The minimum atomic E-state index is -0.755. The third-order valence-corrected chi connectivity index (χ3v) is 5.45. The van der Waals surface area contributed by atoms with E-state index in [0.717, 1.165) is 6.21 Å². The molecule has 176 valence electrons. The Bertz CT molecular complexity index is 1630. The van der Waals surface area contributed by atoms with Crippen LogP contribution < -0.4 is 25.5 Å². The Morgan fingerprint density at radius 2 is 1.94 bits per heavy atom. The first-order chi connectivity index (χ1) is 16.9. The van der Waals surface area contributed by atoms with Crippen molar-refractivity contribution in [3.05, 3.63) is 102 Å². The van der Waals surface area contributed by atoms with Crippen molar-refractivity contribution in [1.82, 2.24) is 9.66 Å². The van der Waals surface area contributed by atoms with Crippen LogP contribution in [-0.2, 0) is 6.61 Å². The van der Waals surface area contributed by atoms with Crippen LogP contribution in [0.15, 0.2) is 69.3 Å². The van der Waals surface area contributed by atoms with Gasteiger partial charge in [-0.25, -0.2) is 4.79 Å². The molecule has 0 amide bonds. The second-order valence-corrected chi connectivity index (χ2v) is 7.83. The zero-order valence-corrected chi connectivity index (χ0v) is 18.5. The van der Waals surface area contributed by atoms with Gasteiger partial charge in [0.2, 0.25) is 12.5 Å². The van der Waals surface area contributed by atoms with Crippen LogP contribution in [0.1, 0.15) is 11.1 Å². The summed E-state index contributed by atoms with van der Waals surface area (Å²) in [6.07, 6.45) is 1.13. The van der Waals surface area contributed by atoms with Crippen LogP contribution in [0.2, 0.25) is 5.02 Å². The molecule has 4 aromatic rings. The van der Waals surface area contributed by atoms with Gasteiger partial charge in [-0.2, -0.15) is 5.10 Å². The van der Waals surface area contributed by atoms with Crippen molar-refractivity contribution < 1.29 is 19.1 Å². The Kier molecular flexibility index (Phi) is 5.67. The number of nitro groups is 1. The van der Waals surface area contributed by atoms with Crippen molar-refractivity contribution in [3.8, 4) is 17.2 Å². The molecule has 0 spiro atoms. The van der Waals surface area contributed by atoms with Gasteiger partial charge in [0.1, 0.15) is 6.61 Å². The van der Waals surface area contributed by atoms with E-state index in [4.69, 9.17) is 25.8 Å². The number of ether oxygens (including phenoxy) is 3. The molecule has 1 aliphatic rings. The quantitative estimate of drug-likeness (QED) is 0.246. The number of para-hydroxylation sites is 1.